The van der Waals surface area contributed by atoms with Crippen molar-refractivity contribution in [1.29, 1.82) is 0 Å². The van der Waals surface area contributed by atoms with Gasteiger partial charge in [-0.2, -0.15) is 4.39 Å². The first kappa shape index (κ1) is 15.8. The second-order valence-corrected chi connectivity index (χ2v) is 5.72. The summed E-state index contributed by atoms with van der Waals surface area (Å²) in [5, 5.41) is 13.9. The third kappa shape index (κ3) is 3.97. The second kappa shape index (κ2) is 6.93. The van der Waals surface area contributed by atoms with E-state index in [2.05, 4.69) is 5.32 Å². The highest BCUT2D eigenvalue weighted by Crippen LogP contribution is 2.27. The summed E-state index contributed by atoms with van der Waals surface area (Å²) < 4.78 is 27.0. The molecule has 21 heavy (non-hydrogen) atoms. The molecule has 1 fully saturated rings. The maximum absolute atomic E-state index is 13.7. The number of rotatable bonds is 5. The van der Waals surface area contributed by atoms with E-state index in [0.29, 0.717) is 12.0 Å². The van der Waals surface area contributed by atoms with Crippen molar-refractivity contribution in [2.75, 3.05) is 0 Å². The van der Waals surface area contributed by atoms with Crippen LogP contribution in [0, 0.1) is 27.7 Å². The van der Waals surface area contributed by atoms with E-state index in [0.717, 1.165) is 18.9 Å². The molecule has 1 aromatic rings. The number of nitrogens with one attached hydrogen (secondary N) is 1. The fourth-order valence-electron chi connectivity index (χ4n) is 2.93. The Kier molecular flexibility index (Phi) is 5.22. The molecule has 1 aromatic carbocycles. The summed E-state index contributed by atoms with van der Waals surface area (Å²) in [6.07, 6.45) is 6.00. The van der Waals surface area contributed by atoms with Crippen LogP contribution in [0.15, 0.2) is 12.1 Å². The SMILES string of the molecule is CC(NCc1cc([N+](=O)[O-])c(F)cc1F)C1CCCCC1. The van der Waals surface area contributed by atoms with Crippen LogP contribution in [0.25, 0.3) is 0 Å². The normalized spacial score (nSPS) is 17.7. The molecule has 1 N–H and O–H groups in total. The lowest BCUT2D eigenvalue weighted by molar-refractivity contribution is -0.387. The van der Waals surface area contributed by atoms with Crippen LogP contribution in [-0.4, -0.2) is 11.0 Å². The van der Waals surface area contributed by atoms with E-state index < -0.39 is 22.2 Å². The van der Waals surface area contributed by atoms with E-state index >= 15 is 0 Å². The lowest BCUT2D eigenvalue weighted by Gasteiger charge is -2.28. The highest BCUT2D eigenvalue weighted by Gasteiger charge is 2.22. The fraction of sp³-hybridized carbons (Fsp3) is 0.600. The van der Waals surface area contributed by atoms with Crippen molar-refractivity contribution in [2.45, 2.75) is 51.6 Å². The largest absolute Gasteiger partial charge is 0.310 e. The smallest absolute Gasteiger partial charge is 0.305 e. The Morgan fingerprint density at radius 3 is 2.57 bits per heavy atom. The molecule has 0 aromatic heterocycles. The summed E-state index contributed by atoms with van der Waals surface area (Å²) in [6, 6.07) is 1.78. The summed E-state index contributed by atoms with van der Waals surface area (Å²) in [4.78, 5) is 9.86. The fourth-order valence-corrected chi connectivity index (χ4v) is 2.93. The Morgan fingerprint density at radius 1 is 1.29 bits per heavy atom. The number of nitro benzene ring substituents is 1. The molecule has 116 valence electrons. The summed E-state index contributed by atoms with van der Waals surface area (Å²) in [5.41, 5.74) is -0.552. The third-order valence-electron chi connectivity index (χ3n) is 4.28. The van der Waals surface area contributed by atoms with Crippen molar-refractivity contribution in [3.63, 3.8) is 0 Å². The monoisotopic (exact) mass is 298 g/mol. The van der Waals surface area contributed by atoms with Gasteiger partial charge in [-0.1, -0.05) is 19.3 Å². The van der Waals surface area contributed by atoms with Gasteiger partial charge in [-0.05, 0) is 25.7 Å². The van der Waals surface area contributed by atoms with Crippen molar-refractivity contribution < 1.29 is 13.7 Å². The molecule has 0 heterocycles. The van der Waals surface area contributed by atoms with Gasteiger partial charge in [-0.25, -0.2) is 4.39 Å². The molecule has 1 atom stereocenters. The molecule has 4 nitrogen and oxygen atoms in total. The quantitative estimate of drug-likeness (QED) is 0.662. The second-order valence-electron chi connectivity index (χ2n) is 5.72. The van der Waals surface area contributed by atoms with Gasteiger partial charge in [0.1, 0.15) is 5.82 Å². The Hall–Kier alpha value is -1.56. The van der Waals surface area contributed by atoms with Gasteiger partial charge in [-0.15, -0.1) is 0 Å². The Balaban J connectivity index is 2.02. The van der Waals surface area contributed by atoms with Gasteiger partial charge in [-0.3, -0.25) is 10.1 Å². The third-order valence-corrected chi connectivity index (χ3v) is 4.28. The van der Waals surface area contributed by atoms with Crippen LogP contribution in [0.4, 0.5) is 14.5 Å². The number of nitro groups is 1. The first-order valence-corrected chi connectivity index (χ1v) is 7.34. The van der Waals surface area contributed by atoms with Gasteiger partial charge >= 0.3 is 5.69 Å². The van der Waals surface area contributed by atoms with Gasteiger partial charge in [0, 0.05) is 30.3 Å². The van der Waals surface area contributed by atoms with Crippen molar-refractivity contribution in [1.82, 2.24) is 5.32 Å². The molecule has 1 saturated carbocycles. The topological polar surface area (TPSA) is 55.2 Å². The average Bonchev–Trinajstić information content (AvgIpc) is 2.46. The zero-order valence-corrected chi connectivity index (χ0v) is 12.1. The number of hydrogen-bond donors (Lipinski definition) is 1. The summed E-state index contributed by atoms with van der Waals surface area (Å²) >= 11 is 0. The van der Waals surface area contributed by atoms with E-state index in [-0.39, 0.29) is 18.2 Å². The summed E-state index contributed by atoms with van der Waals surface area (Å²) in [6.45, 7) is 2.22. The molecular formula is C15H20F2N2O2. The van der Waals surface area contributed by atoms with Crippen LogP contribution in [0.1, 0.15) is 44.6 Å². The van der Waals surface area contributed by atoms with Crippen LogP contribution in [0.2, 0.25) is 0 Å². The minimum atomic E-state index is -1.14. The molecule has 6 heteroatoms. The average molecular weight is 298 g/mol. The van der Waals surface area contributed by atoms with E-state index in [1.54, 1.807) is 0 Å². The van der Waals surface area contributed by atoms with Gasteiger partial charge in [0.25, 0.3) is 0 Å². The highest BCUT2D eigenvalue weighted by molar-refractivity contribution is 5.37. The Bertz CT molecular complexity index is 517. The number of hydrogen-bond acceptors (Lipinski definition) is 3. The molecule has 1 aliphatic rings. The van der Waals surface area contributed by atoms with Gasteiger partial charge in [0.15, 0.2) is 0 Å². The molecule has 1 aliphatic carbocycles. The van der Waals surface area contributed by atoms with Gasteiger partial charge in [0.2, 0.25) is 5.82 Å². The number of nitrogens with zero attached hydrogens (tertiary/aromatic N) is 1. The standard InChI is InChI=1S/C15H20F2N2O2/c1-10(11-5-3-2-4-6-11)18-9-12-7-15(19(20)21)14(17)8-13(12)16/h7-8,10-11,18H,2-6,9H2,1H3. The zero-order chi connectivity index (χ0) is 15.4. The molecule has 0 radical (unpaired) electrons. The molecule has 2 rings (SSSR count). The maximum Gasteiger partial charge on any atom is 0.305 e. The van der Waals surface area contributed by atoms with Crippen molar-refractivity contribution in [3.8, 4) is 0 Å². The number of benzene rings is 1. The van der Waals surface area contributed by atoms with Crippen LogP contribution in [-0.2, 0) is 6.54 Å². The van der Waals surface area contributed by atoms with E-state index in [1.807, 2.05) is 6.92 Å². The Labute approximate surface area is 122 Å². The van der Waals surface area contributed by atoms with E-state index in [1.165, 1.54) is 19.3 Å². The van der Waals surface area contributed by atoms with E-state index in [9.17, 15) is 18.9 Å². The van der Waals surface area contributed by atoms with Crippen LogP contribution in [0.5, 0.6) is 0 Å². The predicted molar refractivity (Wildman–Crippen MR) is 75.9 cm³/mol. The minimum Gasteiger partial charge on any atom is -0.310 e. The molecular weight excluding hydrogens is 278 g/mol. The molecule has 0 amide bonds. The molecule has 0 aliphatic heterocycles. The lowest BCUT2D eigenvalue weighted by atomic mass is 9.84. The summed E-state index contributed by atoms with van der Waals surface area (Å²) in [7, 11) is 0. The van der Waals surface area contributed by atoms with Gasteiger partial charge in [0.05, 0.1) is 4.92 Å². The maximum atomic E-state index is 13.7. The first-order chi connectivity index (χ1) is 9.99. The zero-order valence-electron chi connectivity index (χ0n) is 12.1. The van der Waals surface area contributed by atoms with Crippen LogP contribution in [0.3, 0.4) is 0 Å². The molecule has 1 unspecified atom stereocenters. The first-order valence-electron chi connectivity index (χ1n) is 7.34. The predicted octanol–water partition coefficient (Wildman–Crippen LogP) is 3.93. The molecule has 0 saturated heterocycles. The highest BCUT2D eigenvalue weighted by atomic mass is 19.1. The van der Waals surface area contributed by atoms with Crippen LogP contribution < -0.4 is 5.32 Å². The molecule has 0 bridgehead atoms. The van der Waals surface area contributed by atoms with E-state index in [4.69, 9.17) is 0 Å². The molecule has 0 spiro atoms. The van der Waals surface area contributed by atoms with Gasteiger partial charge < -0.3 is 5.32 Å². The van der Waals surface area contributed by atoms with Crippen molar-refractivity contribution in [3.05, 3.63) is 39.4 Å². The van der Waals surface area contributed by atoms with Crippen molar-refractivity contribution in [2.24, 2.45) is 5.92 Å². The van der Waals surface area contributed by atoms with Crippen molar-refractivity contribution >= 4 is 5.69 Å². The van der Waals surface area contributed by atoms with Crippen LogP contribution >= 0.6 is 0 Å². The Morgan fingerprint density at radius 2 is 1.95 bits per heavy atom. The summed E-state index contributed by atoms with van der Waals surface area (Å²) in [5.74, 6) is -1.33. The number of halogens is 2. The minimum absolute atomic E-state index is 0.130. The lowest BCUT2D eigenvalue weighted by Crippen LogP contribution is -2.34.